The predicted molar refractivity (Wildman–Crippen MR) is 248 cm³/mol. The number of phenolic OH excluding ortho intramolecular Hbond substituents is 6. The van der Waals surface area contributed by atoms with Crippen LogP contribution >= 0.6 is 23.2 Å². The zero-order chi connectivity index (χ0) is 49.6. The summed E-state index contributed by atoms with van der Waals surface area (Å²) in [6, 6.07) is 30.0. The van der Waals surface area contributed by atoms with Gasteiger partial charge in [0.25, 0.3) is 0 Å². The van der Waals surface area contributed by atoms with E-state index in [1.54, 1.807) is 42.5 Å². The lowest BCUT2D eigenvalue weighted by molar-refractivity contribution is 0.0224. The van der Waals surface area contributed by atoms with Gasteiger partial charge < -0.3 is 55.4 Å². The number of ether oxygens (including phenoxy) is 2. The van der Waals surface area contributed by atoms with E-state index < -0.39 is 35.3 Å². The molecule has 16 nitrogen and oxygen atoms in total. The lowest BCUT2D eigenvalue weighted by atomic mass is 9.76. The van der Waals surface area contributed by atoms with E-state index in [4.69, 9.17) is 42.9 Å². The molecule has 0 bridgehead atoms. The molecule has 0 fully saturated rings. The standard InChI is InChI=1S/C25H13ClO7.C16H12O7.C10H7ClO2/c26-19-10-15-11(8-20(19)28)2-5-17-22(15)32-21-9-13(27)3-6-16(21)25(17)18-7-12(23(29)30)1-4-14(18)24(31)33-25;17-10-3-8(4-11(18)7-10)5-14(19)13-6-9(15(20)21)1-2-12(13)16(22)23;11-8-5-7-6(4-10(8)13)2-1-3-9(7)12/h1-10,27-28H,(H,29,30);1-4,6-7,17-18H,5H2,(H,20,21)(H,22,23);1-5,12-13H. The molecule has 9 N–H and O–H groups in total. The van der Waals surface area contributed by atoms with Crippen molar-refractivity contribution in [3.05, 3.63) is 188 Å². The molecule has 0 saturated heterocycles. The first-order valence-electron chi connectivity index (χ1n) is 20.1. The summed E-state index contributed by atoms with van der Waals surface area (Å²) >= 11 is 11.9. The zero-order valence-corrected chi connectivity index (χ0v) is 36.5. The molecule has 1 spiro atoms. The fourth-order valence-electron chi connectivity index (χ4n) is 8.03. The summed E-state index contributed by atoms with van der Waals surface area (Å²) in [4.78, 5) is 59.2. The Morgan fingerprint density at radius 1 is 0.522 bits per heavy atom. The van der Waals surface area contributed by atoms with Crippen LogP contribution in [-0.4, -0.2) is 75.6 Å². The number of carboxylic acids is 3. The maximum absolute atomic E-state index is 13.0. The zero-order valence-electron chi connectivity index (χ0n) is 35.0. The van der Waals surface area contributed by atoms with Crippen molar-refractivity contribution in [3.8, 4) is 46.0 Å². The first kappa shape index (κ1) is 46.5. The summed E-state index contributed by atoms with van der Waals surface area (Å²) in [7, 11) is 0. The molecule has 10 rings (SSSR count). The van der Waals surface area contributed by atoms with Gasteiger partial charge in [0, 0.05) is 51.6 Å². The van der Waals surface area contributed by atoms with Crippen LogP contribution in [0.3, 0.4) is 0 Å². The number of aromatic hydroxyl groups is 6. The Balaban J connectivity index is 0.000000154. The van der Waals surface area contributed by atoms with Gasteiger partial charge in [0.05, 0.1) is 32.3 Å². The van der Waals surface area contributed by atoms with E-state index in [9.17, 15) is 59.7 Å². The van der Waals surface area contributed by atoms with Crippen molar-refractivity contribution < 1.29 is 79.4 Å². The number of Topliss-reactive ketones (excluding diaryl/α,β-unsaturated/α-hetero) is 1. The van der Waals surface area contributed by atoms with E-state index in [1.165, 1.54) is 60.7 Å². The topological polar surface area (TPSA) is 286 Å². The van der Waals surface area contributed by atoms with Crippen LogP contribution < -0.4 is 4.74 Å². The molecule has 0 aliphatic carbocycles. The number of rotatable bonds is 6. The molecule has 1 unspecified atom stereocenters. The second kappa shape index (κ2) is 18.0. The number of carboxylic acid groups (broad SMARTS) is 3. The van der Waals surface area contributed by atoms with Crippen molar-refractivity contribution >= 4 is 74.4 Å². The number of esters is 1. The highest BCUT2D eigenvalue weighted by molar-refractivity contribution is 6.33. The third kappa shape index (κ3) is 8.75. The molecule has 69 heavy (non-hydrogen) atoms. The van der Waals surface area contributed by atoms with Gasteiger partial charge in [0.1, 0.15) is 46.0 Å². The molecule has 8 aromatic rings. The van der Waals surface area contributed by atoms with Gasteiger partial charge in [-0.15, -0.1) is 0 Å². The smallest absolute Gasteiger partial charge is 0.340 e. The number of hydrogen-bond acceptors (Lipinski definition) is 13. The molecule has 2 aliphatic heterocycles. The first-order valence-corrected chi connectivity index (χ1v) is 20.9. The molecule has 0 radical (unpaired) electrons. The van der Waals surface area contributed by atoms with E-state index in [0.29, 0.717) is 38.6 Å². The van der Waals surface area contributed by atoms with Gasteiger partial charge in [-0.1, -0.05) is 41.4 Å². The number of fused-ring (bicyclic) bond motifs is 9. The molecular weight excluding hydrogens is 939 g/mol. The van der Waals surface area contributed by atoms with Crippen LogP contribution in [-0.2, 0) is 16.8 Å². The second-order valence-electron chi connectivity index (χ2n) is 15.5. The van der Waals surface area contributed by atoms with Crippen LogP contribution in [0.1, 0.15) is 74.0 Å². The molecule has 0 aromatic heterocycles. The Morgan fingerprint density at radius 3 is 1.78 bits per heavy atom. The van der Waals surface area contributed by atoms with Crippen LogP contribution in [0.4, 0.5) is 0 Å². The highest BCUT2D eigenvalue weighted by Crippen LogP contribution is 2.58. The van der Waals surface area contributed by atoms with Gasteiger partial charge in [-0.05, 0) is 113 Å². The molecule has 2 heterocycles. The molecule has 346 valence electrons. The quantitative estimate of drug-likeness (QED) is 0.0553. The number of ketones is 1. The number of hydrogen-bond donors (Lipinski definition) is 9. The molecule has 18 heteroatoms. The Kier molecular flexibility index (Phi) is 12.1. The number of halogens is 2. The van der Waals surface area contributed by atoms with Gasteiger partial charge in [0.2, 0.25) is 0 Å². The van der Waals surface area contributed by atoms with Crippen molar-refractivity contribution in [2.24, 2.45) is 0 Å². The number of aromatic carboxylic acids is 3. The average Bonchev–Trinajstić information content (AvgIpc) is 3.58. The lowest BCUT2D eigenvalue weighted by Crippen LogP contribution is -2.33. The van der Waals surface area contributed by atoms with Gasteiger partial charge in [-0.25, -0.2) is 19.2 Å². The van der Waals surface area contributed by atoms with E-state index in [-0.39, 0.29) is 90.1 Å². The van der Waals surface area contributed by atoms with Crippen LogP contribution in [0.2, 0.25) is 10.0 Å². The van der Waals surface area contributed by atoms with E-state index in [1.807, 2.05) is 0 Å². The van der Waals surface area contributed by atoms with Crippen molar-refractivity contribution in [2.45, 2.75) is 12.0 Å². The Labute approximate surface area is 397 Å². The number of carbonyl (C=O) groups excluding carboxylic acids is 2. The number of phenols is 6. The minimum absolute atomic E-state index is 0.00597. The predicted octanol–water partition coefficient (Wildman–Crippen LogP) is 9.99. The van der Waals surface area contributed by atoms with E-state index in [2.05, 4.69) is 0 Å². The SMILES string of the molecule is O=C(O)c1ccc(C(=O)O)c(C(=O)Cc2cc(O)cc(O)c2)c1.O=C(O)c1ccc2c(c1)C1(OC2=O)c2ccc(O)cc2Oc2c1ccc1cc(O)c(Cl)cc21.Oc1cc2cccc(O)c2cc1Cl. The highest BCUT2D eigenvalue weighted by Gasteiger charge is 2.54. The molecule has 0 amide bonds. The van der Waals surface area contributed by atoms with Crippen molar-refractivity contribution in [1.82, 2.24) is 0 Å². The Morgan fingerprint density at radius 2 is 1.13 bits per heavy atom. The summed E-state index contributed by atoms with van der Waals surface area (Å²) in [6.45, 7) is 0. The summed E-state index contributed by atoms with van der Waals surface area (Å²) in [5.74, 6) is -4.96. The van der Waals surface area contributed by atoms with Crippen LogP contribution in [0.15, 0.2) is 127 Å². The largest absolute Gasteiger partial charge is 0.508 e. The van der Waals surface area contributed by atoms with Crippen molar-refractivity contribution in [3.63, 3.8) is 0 Å². The van der Waals surface area contributed by atoms with Crippen LogP contribution in [0, 0.1) is 0 Å². The van der Waals surface area contributed by atoms with Gasteiger partial charge >= 0.3 is 23.9 Å². The summed E-state index contributed by atoms with van der Waals surface area (Å²) in [5.41, 5.74) is -0.535. The maximum Gasteiger partial charge on any atom is 0.340 e. The number of carbonyl (C=O) groups is 5. The molecule has 1 atom stereocenters. The Bertz CT molecular complexity index is 3490. The van der Waals surface area contributed by atoms with Gasteiger partial charge in [0.15, 0.2) is 11.4 Å². The van der Waals surface area contributed by atoms with E-state index in [0.717, 1.165) is 29.7 Å². The van der Waals surface area contributed by atoms with E-state index >= 15 is 0 Å². The lowest BCUT2D eigenvalue weighted by Gasteiger charge is -2.37. The molecular formula is C51H32Cl2O16. The molecule has 8 aromatic carbocycles. The fraction of sp³-hybridized carbons (Fsp3) is 0.0392. The summed E-state index contributed by atoms with van der Waals surface area (Å²) in [5, 5.41) is 88.2. The minimum atomic E-state index is -1.51. The minimum Gasteiger partial charge on any atom is -0.508 e. The Hall–Kier alpha value is -8.99. The van der Waals surface area contributed by atoms with Crippen molar-refractivity contribution in [2.75, 3.05) is 0 Å². The third-order valence-corrected chi connectivity index (χ3v) is 11.7. The summed E-state index contributed by atoms with van der Waals surface area (Å²) in [6.07, 6.45) is -0.300. The summed E-state index contributed by atoms with van der Waals surface area (Å²) < 4.78 is 12.2. The molecule has 0 saturated carbocycles. The van der Waals surface area contributed by atoms with Gasteiger partial charge in [-0.2, -0.15) is 0 Å². The normalized spacial score (nSPS) is 13.9. The molecule has 2 aliphatic rings. The number of benzene rings is 8. The van der Waals surface area contributed by atoms with Crippen LogP contribution in [0.5, 0.6) is 46.0 Å². The monoisotopic (exact) mass is 970 g/mol. The third-order valence-electron chi connectivity index (χ3n) is 11.1. The van der Waals surface area contributed by atoms with Crippen molar-refractivity contribution in [1.29, 1.82) is 0 Å². The second-order valence-corrected chi connectivity index (χ2v) is 16.3. The maximum atomic E-state index is 13.0. The fourth-order valence-corrected chi connectivity index (χ4v) is 8.36. The van der Waals surface area contributed by atoms with Crippen LogP contribution in [0.25, 0.3) is 21.5 Å². The highest BCUT2D eigenvalue weighted by atomic mass is 35.5. The first-order chi connectivity index (χ1) is 32.7. The van der Waals surface area contributed by atoms with Gasteiger partial charge in [-0.3, -0.25) is 4.79 Å². The average molecular weight is 972 g/mol.